The second-order valence-corrected chi connectivity index (χ2v) is 5.44. The van der Waals surface area contributed by atoms with Crippen molar-refractivity contribution < 1.29 is 13.6 Å². The Bertz CT molecular complexity index is 872. The van der Waals surface area contributed by atoms with E-state index in [1.165, 1.54) is 12.1 Å². The van der Waals surface area contributed by atoms with E-state index in [1.54, 1.807) is 37.4 Å². The van der Waals surface area contributed by atoms with Gasteiger partial charge in [0.05, 0.1) is 12.1 Å². The third-order valence-corrected chi connectivity index (χ3v) is 3.49. The normalized spacial score (nSPS) is 10.6. The highest BCUT2D eigenvalue weighted by Crippen LogP contribution is 2.22. The van der Waals surface area contributed by atoms with E-state index < -0.39 is 0 Å². The van der Waals surface area contributed by atoms with E-state index in [9.17, 15) is 9.18 Å². The van der Waals surface area contributed by atoms with Gasteiger partial charge < -0.3 is 9.73 Å². The molecule has 0 aliphatic rings. The summed E-state index contributed by atoms with van der Waals surface area (Å²) in [5.41, 5.74) is 2.73. The molecule has 122 valence electrons. The smallest absolute Gasteiger partial charge is 0.230 e. The van der Waals surface area contributed by atoms with Crippen LogP contribution in [0.5, 0.6) is 0 Å². The van der Waals surface area contributed by atoms with Crippen molar-refractivity contribution >= 4 is 11.6 Å². The van der Waals surface area contributed by atoms with Gasteiger partial charge in [-0.25, -0.2) is 9.37 Å². The summed E-state index contributed by atoms with van der Waals surface area (Å²) >= 11 is 0. The molecule has 0 aliphatic carbocycles. The van der Waals surface area contributed by atoms with Gasteiger partial charge in [-0.15, -0.1) is 0 Å². The molecule has 0 aliphatic heterocycles. The molecule has 0 unspecified atom stereocenters. The van der Waals surface area contributed by atoms with Crippen molar-refractivity contribution in [1.82, 2.24) is 9.97 Å². The van der Waals surface area contributed by atoms with Crippen LogP contribution < -0.4 is 5.32 Å². The fraction of sp³-hybridized carbons (Fsp3) is 0.167. The monoisotopic (exact) mass is 325 g/mol. The molecule has 5 nitrogen and oxygen atoms in total. The number of amides is 1. The molecule has 1 aromatic carbocycles. The Hall–Kier alpha value is -3.02. The van der Waals surface area contributed by atoms with Crippen molar-refractivity contribution in [3.8, 4) is 11.5 Å². The van der Waals surface area contributed by atoms with Gasteiger partial charge in [-0.2, -0.15) is 0 Å². The minimum Gasteiger partial charge on any atom is -0.441 e. The highest BCUT2D eigenvalue weighted by atomic mass is 19.1. The van der Waals surface area contributed by atoms with Crippen molar-refractivity contribution in [2.45, 2.75) is 20.3 Å². The lowest BCUT2D eigenvalue weighted by molar-refractivity contribution is -0.115. The fourth-order valence-corrected chi connectivity index (χ4v) is 2.29. The quantitative estimate of drug-likeness (QED) is 0.794. The van der Waals surface area contributed by atoms with Crippen LogP contribution in [0.2, 0.25) is 0 Å². The van der Waals surface area contributed by atoms with Gasteiger partial charge in [-0.3, -0.25) is 9.78 Å². The van der Waals surface area contributed by atoms with Crippen molar-refractivity contribution in [3.05, 3.63) is 65.6 Å². The number of halogens is 1. The first-order valence-electron chi connectivity index (χ1n) is 7.46. The lowest BCUT2D eigenvalue weighted by Crippen LogP contribution is -2.15. The molecule has 0 bridgehead atoms. The number of carbonyl (C=O) groups excluding carboxylic acids is 1. The van der Waals surface area contributed by atoms with Crippen LogP contribution in [0, 0.1) is 19.7 Å². The predicted octanol–water partition coefficient (Wildman–Crippen LogP) is 3.67. The number of rotatable bonds is 4. The zero-order valence-electron chi connectivity index (χ0n) is 13.3. The Balaban J connectivity index is 1.73. The van der Waals surface area contributed by atoms with E-state index in [-0.39, 0.29) is 18.1 Å². The molecule has 1 N–H and O–H groups in total. The molecule has 24 heavy (non-hydrogen) atoms. The summed E-state index contributed by atoms with van der Waals surface area (Å²) in [5, 5.41) is 2.80. The number of nitrogens with one attached hydrogen (secondary N) is 1. The highest BCUT2D eigenvalue weighted by Gasteiger charge is 2.15. The average molecular weight is 325 g/mol. The highest BCUT2D eigenvalue weighted by molar-refractivity contribution is 5.92. The molecule has 3 rings (SSSR count). The predicted molar refractivity (Wildman–Crippen MR) is 87.9 cm³/mol. The van der Waals surface area contributed by atoms with Gasteiger partial charge in [-0.1, -0.05) is 0 Å². The number of aryl methyl sites for hydroxylation is 2. The van der Waals surface area contributed by atoms with Crippen LogP contribution >= 0.6 is 0 Å². The van der Waals surface area contributed by atoms with Crippen LogP contribution in [0.25, 0.3) is 11.5 Å². The van der Waals surface area contributed by atoms with Crippen molar-refractivity contribution in [2.75, 3.05) is 5.32 Å². The Morgan fingerprint density at radius 2 is 1.96 bits per heavy atom. The van der Waals surface area contributed by atoms with Crippen molar-refractivity contribution in [1.29, 1.82) is 0 Å². The van der Waals surface area contributed by atoms with Gasteiger partial charge in [-0.05, 0) is 50.2 Å². The molecule has 0 saturated carbocycles. The number of carbonyl (C=O) groups is 1. The number of anilines is 1. The number of pyridine rings is 1. The maximum atomic E-state index is 13.0. The summed E-state index contributed by atoms with van der Waals surface area (Å²) in [6.07, 6.45) is 1.73. The van der Waals surface area contributed by atoms with E-state index in [4.69, 9.17) is 4.42 Å². The van der Waals surface area contributed by atoms with Crippen LogP contribution in [-0.2, 0) is 11.2 Å². The zero-order valence-corrected chi connectivity index (χ0v) is 13.3. The third-order valence-electron chi connectivity index (χ3n) is 3.49. The van der Waals surface area contributed by atoms with Gasteiger partial charge in [0.1, 0.15) is 11.6 Å². The van der Waals surface area contributed by atoms with E-state index in [2.05, 4.69) is 15.3 Å². The topological polar surface area (TPSA) is 68.0 Å². The standard InChI is InChI=1S/C18H16FN3O2/c1-11-9-15(7-8-20-11)21-17(23)10-16-12(2)24-18(22-16)13-3-5-14(19)6-4-13/h3-9H,10H2,1-2H3,(H,20,21,23). The maximum Gasteiger partial charge on any atom is 0.230 e. The van der Waals surface area contributed by atoms with Crippen LogP contribution in [-0.4, -0.2) is 15.9 Å². The van der Waals surface area contributed by atoms with Crippen LogP contribution in [0.1, 0.15) is 17.1 Å². The molecule has 2 aromatic heterocycles. The minimum atomic E-state index is -0.325. The number of aromatic nitrogens is 2. The largest absolute Gasteiger partial charge is 0.441 e. The Labute approximate surface area is 138 Å². The summed E-state index contributed by atoms with van der Waals surface area (Å²) in [6, 6.07) is 9.37. The fourth-order valence-electron chi connectivity index (χ4n) is 2.29. The minimum absolute atomic E-state index is 0.0951. The second-order valence-electron chi connectivity index (χ2n) is 5.44. The Kier molecular flexibility index (Phi) is 4.37. The summed E-state index contributed by atoms with van der Waals surface area (Å²) in [4.78, 5) is 20.6. The van der Waals surface area contributed by atoms with Crippen LogP contribution in [0.3, 0.4) is 0 Å². The van der Waals surface area contributed by atoms with Gasteiger partial charge in [0.15, 0.2) is 0 Å². The molecule has 0 spiro atoms. The summed E-state index contributed by atoms with van der Waals surface area (Å²) in [6.45, 7) is 3.60. The van der Waals surface area contributed by atoms with E-state index in [0.29, 0.717) is 28.6 Å². The van der Waals surface area contributed by atoms with Crippen LogP contribution in [0.15, 0.2) is 47.0 Å². The Morgan fingerprint density at radius 1 is 1.21 bits per heavy atom. The molecule has 0 atom stereocenters. The van der Waals surface area contributed by atoms with Gasteiger partial charge in [0.25, 0.3) is 0 Å². The first-order valence-corrected chi connectivity index (χ1v) is 7.46. The van der Waals surface area contributed by atoms with Crippen LogP contribution in [0.4, 0.5) is 10.1 Å². The number of nitrogens with zero attached hydrogens (tertiary/aromatic N) is 2. The molecule has 3 aromatic rings. The number of hydrogen-bond donors (Lipinski definition) is 1. The molecule has 1 amide bonds. The molecule has 0 radical (unpaired) electrons. The van der Waals surface area contributed by atoms with Crippen molar-refractivity contribution in [2.24, 2.45) is 0 Å². The summed E-state index contributed by atoms with van der Waals surface area (Å²) in [7, 11) is 0. The lowest BCUT2D eigenvalue weighted by atomic mass is 10.2. The number of hydrogen-bond acceptors (Lipinski definition) is 4. The molecule has 0 saturated heterocycles. The first-order chi connectivity index (χ1) is 11.5. The van der Waals surface area contributed by atoms with E-state index in [0.717, 1.165) is 5.69 Å². The molecule has 2 heterocycles. The third kappa shape index (κ3) is 3.65. The zero-order chi connectivity index (χ0) is 17.1. The lowest BCUT2D eigenvalue weighted by Gasteiger charge is -2.04. The van der Waals surface area contributed by atoms with E-state index in [1.807, 2.05) is 6.92 Å². The van der Waals surface area contributed by atoms with Gasteiger partial charge in [0.2, 0.25) is 11.8 Å². The van der Waals surface area contributed by atoms with Gasteiger partial charge >= 0.3 is 0 Å². The SMILES string of the molecule is Cc1cc(NC(=O)Cc2nc(-c3ccc(F)cc3)oc2C)ccn1. The first kappa shape index (κ1) is 15.9. The number of oxazole rings is 1. The van der Waals surface area contributed by atoms with E-state index >= 15 is 0 Å². The molecule has 6 heteroatoms. The summed E-state index contributed by atoms with van der Waals surface area (Å²) in [5.74, 6) is 0.419. The average Bonchev–Trinajstić information content (AvgIpc) is 2.89. The second kappa shape index (κ2) is 6.62. The van der Waals surface area contributed by atoms with Crippen molar-refractivity contribution in [3.63, 3.8) is 0 Å². The van der Waals surface area contributed by atoms with Gasteiger partial charge in [0, 0.05) is 23.1 Å². The summed E-state index contributed by atoms with van der Waals surface area (Å²) < 4.78 is 18.6. The molecule has 0 fully saturated rings. The molecular formula is C18H16FN3O2. The Morgan fingerprint density at radius 3 is 2.67 bits per heavy atom. The number of benzene rings is 1. The molecular weight excluding hydrogens is 309 g/mol. The maximum absolute atomic E-state index is 13.0.